The minimum Gasteiger partial charge on any atom is -0.371 e. The number of nitriles is 1. The van der Waals surface area contributed by atoms with Crippen LogP contribution in [0.5, 0.6) is 0 Å². The second-order valence-corrected chi connectivity index (χ2v) is 4.74. The molecule has 0 unspecified atom stereocenters. The van der Waals surface area contributed by atoms with Gasteiger partial charge in [-0.05, 0) is 52.2 Å². The summed E-state index contributed by atoms with van der Waals surface area (Å²) in [5.41, 5.74) is 2.02. The molecule has 19 heavy (non-hydrogen) atoms. The second kappa shape index (κ2) is 7.55. The van der Waals surface area contributed by atoms with E-state index in [-0.39, 0.29) is 0 Å². The summed E-state index contributed by atoms with van der Waals surface area (Å²) in [6.07, 6.45) is 1.81. The Morgan fingerprint density at radius 2 is 2.05 bits per heavy atom. The van der Waals surface area contributed by atoms with Crippen molar-refractivity contribution in [1.29, 1.82) is 5.26 Å². The molecule has 0 atom stereocenters. The van der Waals surface area contributed by atoms with Crippen LogP contribution in [0.1, 0.15) is 29.3 Å². The maximum atomic E-state index is 10.7. The van der Waals surface area contributed by atoms with Crippen LogP contribution < -0.4 is 4.90 Å². The molecule has 0 spiro atoms. The van der Waals surface area contributed by atoms with E-state index in [0.29, 0.717) is 11.1 Å². The molecule has 1 aromatic rings. The third-order valence-corrected chi connectivity index (χ3v) is 3.03. The number of carbonyl (C=O) groups is 1. The molecule has 0 bridgehead atoms. The summed E-state index contributed by atoms with van der Waals surface area (Å²) in [6, 6.07) is 7.45. The average molecular weight is 259 g/mol. The molecule has 0 aromatic heterocycles. The first-order valence-corrected chi connectivity index (χ1v) is 6.51. The zero-order valence-corrected chi connectivity index (χ0v) is 11.9. The van der Waals surface area contributed by atoms with E-state index >= 15 is 0 Å². The molecule has 1 rings (SSSR count). The van der Waals surface area contributed by atoms with Gasteiger partial charge in [-0.3, -0.25) is 4.79 Å². The Hall–Kier alpha value is -1.86. The largest absolute Gasteiger partial charge is 0.371 e. The first-order chi connectivity index (χ1) is 9.12. The van der Waals surface area contributed by atoms with Crippen molar-refractivity contribution >= 4 is 12.0 Å². The van der Waals surface area contributed by atoms with Crippen molar-refractivity contribution in [1.82, 2.24) is 4.90 Å². The highest BCUT2D eigenvalue weighted by Gasteiger charge is 2.10. The smallest absolute Gasteiger partial charge is 0.150 e. The second-order valence-electron chi connectivity index (χ2n) is 4.74. The van der Waals surface area contributed by atoms with Crippen LogP contribution in [0, 0.1) is 11.3 Å². The number of carbonyl (C=O) groups excluding carboxylic acids is 1. The Kier molecular flexibility index (Phi) is 6.04. The molecule has 4 nitrogen and oxygen atoms in total. The molecule has 0 amide bonds. The fraction of sp³-hybridized carbons (Fsp3) is 0.467. The number of benzene rings is 1. The van der Waals surface area contributed by atoms with Gasteiger partial charge in [0.1, 0.15) is 12.4 Å². The zero-order chi connectivity index (χ0) is 14.3. The number of aldehydes is 1. The lowest BCUT2D eigenvalue weighted by molar-refractivity contribution is 0.112. The maximum absolute atomic E-state index is 10.7. The molecule has 0 N–H and O–H groups in total. The summed E-state index contributed by atoms with van der Waals surface area (Å²) < 4.78 is 0. The standard InChI is InChI=1S/C15H21N3O/c1-4-18(9-5-8-17(2)3)15-7-6-13(12-19)10-14(15)11-16/h6-7,10,12H,4-5,8-9H2,1-3H3. The Bertz CT molecular complexity index is 463. The number of anilines is 1. The number of hydrogen-bond donors (Lipinski definition) is 0. The van der Waals surface area contributed by atoms with Gasteiger partial charge in [0, 0.05) is 18.7 Å². The average Bonchev–Trinajstić information content (AvgIpc) is 2.42. The van der Waals surface area contributed by atoms with E-state index in [4.69, 9.17) is 0 Å². The SMILES string of the molecule is CCN(CCCN(C)C)c1ccc(C=O)cc1C#N. The fourth-order valence-electron chi connectivity index (χ4n) is 2.02. The molecule has 0 aliphatic heterocycles. The molecule has 0 saturated carbocycles. The maximum Gasteiger partial charge on any atom is 0.150 e. The molecule has 102 valence electrons. The van der Waals surface area contributed by atoms with Gasteiger partial charge in [0.25, 0.3) is 0 Å². The lowest BCUT2D eigenvalue weighted by Gasteiger charge is -2.25. The van der Waals surface area contributed by atoms with Crippen LogP contribution >= 0.6 is 0 Å². The summed E-state index contributed by atoms with van der Waals surface area (Å²) in [5.74, 6) is 0. The summed E-state index contributed by atoms with van der Waals surface area (Å²) in [7, 11) is 4.10. The summed E-state index contributed by atoms with van der Waals surface area (Å²) in [5, 5.41) is 9.20. The highest BCUT2D eigenvalue weighted by atomic mass is 16.1. The van der Waals surface area contributed by atoms with Gasteiger partial charge in [-0.1, -0.05) is 0 Å². The molecule has 1 aromatic carbocycles. The molecule has 0 fully saturated rings. The van der Waals surface area contributed by atoms with E-state index in [1.54, 1.807) is 12.1 Å². The van der Waals surface area contributed by atoms with Crippen molar-refractivity contribution < 1.29 is 4.79 Å². The van der Waals surface area contributed by atoms with Gasteiger partial charge in [-0.15, -0.1) is 0 Å². The minimum absolute atomic E-state index is 0.546. The number of hydrogen-bond acceptors (Lipinski definition) is 4. The molecule has 0 heterocycles. The van der Waals surface area contributed by atoms with Crippen LogP contribution in [-0.4, -0.2) is 44.9 Å². The van der Waals surface area contributed by atoms with E-state index in [1.807, 2.05) is 6.07 Å². The van der Waals surface area contributed by atoms with Gasteiger partial charge < -0.3 is 9.80 Å². The summed E-state index contributed by atoms with van der Waals surface area (Å²) >= 11 is 0. The van der Waals surface area contributed by atoms with Crippen molar-refractivity contribution in [3.8, 4) is 6.07 Å². The van der Waals surface area contributed by atoms with E-state index in [9.17, 15) is 10.1 Å². The van der Waals surface area contributed by atoms with Gasteiger partial charge in [0.2, 0.25) is 0 Å². The van der Waals surface area contributed by atoms with E-state index in [0.717, 1.165) is 38.0 Å². The lowest BCUT2D eigenvalue weighted by atomic mass is 10.1. The van der Waals surface area contributed by atoms with Crippen LogP contribution in [0.15, 0.2) is 18.2 Å². The first kappa shape index (κ1) is 15.2. The zero-order valence-electron chi connectivity index (χ0n) is 11.9. The number of nitrogens with zero attached hydrogens (tertiary/aromatic N) is 3. The Labute approximate surface area is 115 Å². The van der Waals surface area contributed by atoms with E-state index < -0.39 is 0 Å². The van der Waals surface area contributed by atoms with Crippen molar-refractivity contribution in [3.63, 3.8) is 0 Å². The summed E-state index contributed by atoms with van der Waals surface area (Å²) in [4.78, 5) is 15.1. The third kappa shape index (κ3) is 4.38. The Morgan fingerprint density at radius 3 is 2.58 bits per heavy atom. The van der Waals surface area contributed by atoms with Crippen LogP contribution in [0.4, 0.5) is 5.69 Å². The minimum atomic E-state index is 0.546. The molecule has 0 radical (unpaired) electrons. The van der Waals surface area contributed by atoms with Crippen LogP contribution in [0.2, 0.25) is 0 Å². The van der Waals surface area contributed by atoms with Gasteiger partial charge in [0.05, 0.1) is 11.3 Å². The summed E-state index contributed by atoms with van der Waals surface area (Å²) in [6.45, 7) is 4.85. The van der Waals surface area contributed by atoms with Gasteiger partial charge >= 0.3 is 0 Å². The first-order valence-electron chi connectivity index (χ1n) is 6.51. The van der Waals surface area contributed by atoms with E-state index in [1.165, 1.54) is 0 Å². The molecule has 0 aliphatic carbocycles. The topological polar surface area (TPSA) is 47.3 Å². The third-order valence-electron chi connectivity index (χ3n) is 3.03. The normalized spacial score (nSPS) is 10.3. The Balaban J connectivity index is 2.86. The van der Waals surface area contributed by atoms with Crippen molar-refractivity contribution in [2.45, 2.75) is 13.3 Å². The fourth-order valence-corrected chi connectivity index (χ4v) is 2.02. The van der Waals surface area contributed by atoms with Gasteiger partial charge in [-0.2, -0.15) is 5.26 Å². The molecular formula is C15H21N3O. The predicted molar refractivity (Wildman–Crippen MR) is 77.6 cm³/mol. The van der Waals surface area contributed by atoms with Crippen molar-refractivity contribution in [2.24, 2.45) is 0 Å². The van der Waals surface area contributed by atoms with Gasteiger partial charge in [-0.25, -0.2) is 0 Å². The van der Waals surface area contributed by atoms with Crippen LogP contribution in [0.25, 0.3) is 0 Å². The van der Waals surface area contributed by atoms with E-state index in [2.05, 4.69) is 36.9 Å². The highest BCUT2D eigenvalue weighted by Crippen LogP contribution is 2.21. The van der Waals surface area contributed by atoms with Gasteiger partial charge in [0.15, 0.2) is 0 Å². The highest BCUT2D eigenvalue weighted by molar-refractivity contribution is 5.78. The molecule has 4 heteroatoms. The van der Waals surface area contributed by atoms with Crippen LogP contribution in [-0.2, 0) is 0 Å². The molecule has 0 aliphatic rings. The Morgan fingerprint density at radius 1 is 1.32 bits per heavy atom. The number of rotatable bonds is 7. The lowest BCUT2D eigenvalue weighted by Crippen LogP contribution is -2.27. The monoisotopic (exact) mass is 259 g/mol. The predicted octanol–water partition coefficient (Wildman–Crippen LogP) is 2.15. The van der Waals surface area contributed by atoms with Crippen molar-refractivity contribution in [2.75, 3.05) is 38.6 Å². The van der Waals surface area contributed by atoms with Crippen LogP contribution in [0.3, 0.4) is 0 Å². The van der Waals surface area contributed by atoms with Crippen molar-refractivity contribution in [3.05, 3.63) is 29.3 Å². The quantitative estimate of drug-likeness (QED) is 0.704. The molecular weight excluding hydrogens is 238 g/mol. The molecule has 0 saturated heterocycles.